The van der Waals surface area contributed by atoms with E-state index in [-0.39, 0.29) is 0 Å². The smallest absolute Gasteiger partial charge is 0.194 e. The summed E-state index contributed by atoms with van der Waals surface area (Å²) < 4.78 is 5.39. The Morgan fingerprint density at radius 1 is 1.36 bits per heavy atom. The molecule has 0 amide bonds. The lowest BCUT2D eigenvalue weighted by molar-refractivity contribution is 0.611. The molecule has 1 N–H and O–H groups in total. The summed E-state index contributed by atoms with van der Waals surface area (Å²) in [4.78, 5) is 8.31. The zero-order valence-electron chi connectivity index (χ0n) is 8.53. The van der Waals surface area contributed by atoms with E-state index in [2.05, 4.69) is 29.1 Å². The van der Waals surface area contributed by atoms with Crippen LogP contribution in [0, 0.1) is 6.92 Å². The minimum atomic E-state index is 0.332. The molecule has 74 valence electrons. The summed E-state index contributed by atoms with van der Waals surface area (Å²) in [6, 6.07) is 0.332. The van der Waals surface area contributed by atoms with E-state index in [0.717, 1.165) is 22.5 Å². The molecule has 0 aliphatic carbocycles. The van der Waals surface area contributed by atoms with Crippen molar-refractivity contribution in [3.05, 3.63) is 18.2 Å². The van der Waals surface area contributed by atoms with E-state index in [1.807, 2.05) is 6.92 Å². The average molecular weight is 191 g/mol. The molecule has 0 aliphatic rings. The van der Waals surface area contributed by atoms with Crippen molar-refractivity contribution in [1.82, 2.24) is 9.97 Å². The van der Waals surface area contributed by atoms with Crippen LogP contribution in [-0.4, -0.2) is 16.0 Å². The van der Waals surface area contributed by atoms with Gasteiger partial charge in [-0.15, -0.1) is 0 Å². The summed E-state index contributed by atoms with van der Waals surface area (Å²) in [6.45, 7) is 6.09. The summed E-state index contributed by atoms with van der Waals surface area (Å²) >= 11 is 0. The quantitative estimate of drug-likeness (QED) is 0.791. The van der Waals surface area contributed by atoms with Gasteiger partial charge in [-0.25, -0.2) is 9.97 Å². The van der Waals surface area contributed by atoms with E-state index in [4.69, 9.17) is 4.42 Å². The van der Waals surface area contributed by atoms with Crippen LogP contribution in [0.2, 0.25) is 0 Å². The third kappa shape index (κ3) is 1.43. The van der Waals surface area contributed by atoms with Crippen LogP contribution >= 0.6 is 0 Å². The average Bonchev–Trinajstić information content (AvgIpc) is 2.49. The third-order valence-electron chi connectivity index (χ3n) is 1.96. The Hall–Kier alpha value is -1.58. The summed E-state index contributed by atoms with van der Waals surface area (Å²) in [6.07, 6.45) is 3.25. The van der Waals surface area contributed by atoms with Crippen LogP contribution in [0.1, 0.15) is 19.4 Å². The predicted molar refractivity (Wildman–Crippen MR) is 55.3 cm³/mol. The monoisotopic (exact) mass is 191 g/mol. The van der Waals surface area contributed by atoms with Gasteiger partial charge >= 0.3 is 0 Å². The Morgan fingerprint density at radius 3 is 2.86 bits per heavy atom. The molecule has 2 aromatic rings. The highest BCUT2D eigenvalue weighted by Gasteiger charge is 2.09. The fourth-order valence-corrected chi connectivity index (χ4v) is 1.35. The molecular formula is C10H13N3O. The first-order chi connectivity index (χ1) is 6.68. The molecular weight excluding hydrogens is 178 g/mol. The minimum absolute atomic E-state index is 0.332. The minimum Gasteiger partial charge on any atom is -0.458 e. The summed E-state index contributed by atoms with van der Waals surface area (Å²) in [5, 5.41) is 3.22. The van der Waals surface area contributed by atoms with Gasteiger partial charge in [0.15, 0.2) is 11.4 Å². The molecule has 0 spiro atoms. The molecule has 2 heterocycles. The largest absolute Gasteiger partial charge is 0.458 e. The molecule has 0 aromatic carbocycles. The van der Waals surface area contributed by atoms with Gasteiger partial charge in [0.2, 0.25) is 0 Å². The Balaban J connectivity index is 2.54. The van der Waals surface area contributed by atoms with Crippen molar-refractivity contribution in [3.8, 4) is 0 Å². The second-order valence-corrected chi connectivity index (χ2v) is 3.62. The van der Waals surface area contributed by atoms with Crippen molar-refractivity contribution in [2.24, 2.45) is 0 Å². The van der Waals surface area contributed by atoms with Crippen LogP contribution in [0.3, 0.4) is 0 Å². The summed E-state index contributed by atoms with van der Waals surface area (Å²) in [5.74, 6) is 0.762. The van der Waals surface area contributed by atoms with Gasteiger partial charge in [0.25, 0.3) is 0 Å². The Labute approximate surface area is 82.4 Å². The molecule has 0 unspecified atom stereocenters. The summed E-state index contributed by atoms with van der Waals surface area (Å²) in [5.41, 5.74) is 2.65. The third-order valence-corrected chi connectivity index (χ3v) is 1.96. The van der Waals surface area contributed by atoms with Gasteiger partial charge in [-0.3, -0.25) is 0 Å². The number of aryl methyl sites for hydroxylation is 1. The van der Waals surface area contributed by atoms with Crippen molar-refractivity contribution in [3.63, 3.8) is 0 Å². The zero-order chi connectivity index (χ0) is 10.1. The fourth-order valence-electron chi connectivity index (χ4n) is 1.35. The van der Waals surface area contributed by atoms with E-state index in [0.29, 0.717) is 6.04 Å². The topological polar surface area (TPSA) is 51.0 Å². The highest BCUT2D eigenvalue weighted by Crippen LogP contribution is 2.23. The molecule has 4 heteroatoms. The standard InChI is InChI=1S/C10H13N3O/c1-6(2)13-10-9-8(11-5-12-10)7(3)4-14-9/h4-6H,1-3H3,(H,11,12,13). The van der Waals surface area contributed by atoms with Crippen molar-refractivity contribution in [2.75, 3.05) is 5.32 Å². The van der Waals surface area contributed by atoms with Crippen LogP contribution in [0.5, 0.6) is 0 Å². The highest BCUT2D eigenvalue weighted by atomic mass is 16.3. The molecule has 0 saturated heterocycles. The number of nitrogens with one attached hydrogen (secondary N) is 1. The first-order valence-electron chi connectivity index (χ1n) is 4.64. The molecule has 0 bridgehead atoms. The maximum Gasteiger partial charge on any atom is 0.194 e. The molecule has 0 radical (unpaired) electrons. The normalized spacial score (nSPS) is 11.1. The van der Waals surface area contributed by atoms with Crippen LogP contribution in [0.15, 0.2) is 17.0 Å². The molecule has 0 saturated carbocycles. The predicted octanol–water partition coefficient (Wildman–Crippen LogP) is 2.35. The van der Waals surface area contributed by atoms with E-state index in [9.17, 15) is 0 Å². The van der Waals surface area contributed by atoms with Gasteiger partial charge in [-0.1, -0.05) is 0 Å². The van der Waals surface area contributed by atoms with Gasteiger partial charge in [0.05, 0.1) is 6.26 Å². The lowest BCUT2D eigenvalue weighted by Crippen LogP contribution is -2.11. The molecule has 2 rings (SSSR count). The number of hydrogen-bond acceptors (Lipinski definition) is 4. The molecule has 4 nitrogen and oxygen atoms in total. The number of anilines is 1. The number of rotatable bonds is 2. The Kier molecular flexibility index (Phi) is 2.11. The van der Waals surface area contributed by atoms with E-state index in [1.54, 1.807) is 12.6 Å². The van der Waals surface area contributed by atoms with Gasteiger partial charge in [-0.05, 0) is 20.8 Å². The SMILES string of the molecule is Cc1coc2c(NC(C)C)ncnc12. The number of aromatic nitrogens is 2. The van der Waals surface area contributed by atoms with Crippen LogP contribution in [0.4, 0.5) is 5.82 Å². The van der Waals surface area contributed by atoms with E-state index < -0.39 is 0 Å². The van der Waals surface area contributed by atoms with Crippen LogP contribution in [-0.2, 0) is 0 Å². The molecule has 0 atom stereocenters. The van der Waals surface area contributed by atoms with E-state index in [1.165, 1.54) is 0 Å². The van der Waals surface area contributed by atoms with Crippen molar-refractivity contribution < 1.29 is 4.42 Å². The number of nitrogens with zero attached hydrogens (tertiary/aromatic N) is 2. The second kappa shape index (κ2) is 3.29. The first kappa shape index (κ1) is 8.99. The highest BCUT2D eigenvalue weighted by molar-refractivity contribution is 5.85. The van der Waals surface area contributed by atoms with Gasteiger partial charge in [-0.2, -0.15) is 0 Å². The van der Waals surface area contributed by atoms with Crippen molar-refractivity contribution >= 4 is 16.9 Å². The summed E-state index contributed by atoms with van der Waals surface area (Å²) in [7, 11) is 0. The van der Waals surface area contributed by atoms with Crippen molar-refractivity contribution in [2.45, 2.75) is 26.8 Å². The fraction of sp³-hybridized carbons (Fsp3) is 0.400. The molecule has 14 heavy (non-hydrogen) atoms. The number of furan rings is 1. The zero-order valence-corrected chi connectivity index (χ0v) is 8.53. The second-order valence-electron chi connectivity index (χ2n) is 3.62. The van der Waals surface area contributed by atoms with E-state index >= 15 is 0 Å². The Bertz CT molecular complexity index is 448. The lowest BCUT2D eigenvalue weighted by Gasteiger charge is -2.07. The Morgan fingerprint density at radius 2 is 2.14 bits per heavy atom. The first-order valence-corrected chi connectivity index (χ1v) is 4.64. The number of fused-ring (bicyclic) bond motifs is 1. The number of hydrogen-bond donors (Lipinski definition) is 1. The van der Waals surface area contributed by atoms with Gasteiger partial charge in [0, 0.05) is 11.6 Å². The van der Waals surface area contributed by atoms with Crippen LogP contribution in [0.25, 0.3) is 11.1 Å². The maximum absolute atomic E-state index is 5.39. The lowest BCUT2D eigenvalue weighted by atomic mass is 10.3. The van der Waals surface area contributed by atoms with Crippen LogP contribution < -0.4 is 5.32 Å². The molecule has 0 aliphatic heterocycles. The maximum atomic E-state index is 5.39. The van der Waals surface area contributed by atoms with Gasteiger partial charge < -0.3 is 9.73 Å². The van der Waals surface area contributed by atoms with Gasteiger partial charge in [0.1, 0.15) is 11.8 Å². The molecule has 2 aromatic heterocycles. The van der Waals surface area contributed by atoms with Crippen molar-refractivity contribution in [1.29, 1.82) is 0 Å². The molecule has 0 fully saturated rings.